The van der Waals surface area contributed by atoms with Crippen LogP contribution in [-0.4, -0.2) is 84.4 Å². The quantitative estimate of drug-likeness (QED) is 0.599. The predicted octanol–water partition coefficient (Wildman–Crippen LogP) is 2.87. The minimum absolute atomic E-state index is 0.00244. The van der Waals surface area contributed by atoms with E-state index in [0.717, 1.165) is 58.5 Å². The molecule has 2 heterocycles. The standard InChI is InChI=1S/C25H44N4O2/c1-20-8-4-5-14-27(20)15-7-13-26-24(30)23(21-9-2-3-10-21)28-16-18-29(19-17-28)25(31)22-11-6-12-22/h20-23H,2-19H2,1H3,(H,26,30). The Balaban J connectivity index is 1.25. The third kappa shape index (κ3) is 5.81. The van der Waals surface area contributed by atoms with Gasteiger partial charge in [-0.05, 0) is 64.3 Å². The van der Waals surface area contributed by atoms with Crippen LogP contribution < -0.4 is 5.32 Å². The molecule has 0 aromatic heterocycles. The zero-order valence-corrected chi connectivity index (χ0v) is 19.7. The first kappa shape index (κ1) is 23.0. The van der Waals surface area contributed by atoms with E-state index in [9.17, 15) is 9.59 Å². The maximum Gasteiger partial charge on any atom is 0.237 e. The first-order chi connectivity index (χ1) is 15.1. The maximum atomic E-state index is 13.3. The summed E-state index contributed by atoms with van der Waals surface area (Å²) in [6.07, 6.45) is 13.2. The van der Waals surface area contributed by atoms with E-state index in [1.807, 2.05) is 0 Å². The Morgan fingerprint density at radius 2 is 1.58 bits per heavy atom. The lowest BCUT2D eigenvalue weighted by atomic mass is 9.84. The van der Waals surface area contributed by atoms with Crippen LogP contribution in [-0.2, 0) is 9.59 Å². The summed E-state index contributed by atoms with van der Waals surface area (Å²) >= 11 is 0. The van der Waals surface area contributed by atoms with Crippen molar-refractivity contribution in [2.75, 3.05) is 45.8 Å². The zero-order valence-electron chi connectivity index (χ0n) is 19.7. The number of piperazine rings is 1. The van der Waals surface area contributed by atoms with Crippen molar-refractivity contribution < 1.29 is 9.59 Å². The monoisotopic (exact) mass is 432 g/mol. The van der Waals surface area contributed by atoms with Crippen LogP contribution in [0.25, 0.3) is 0 Å². The third-order valence-electron chi connectivity index (χ3n) is 8.45. The molecular weight excluding hydrogens is 388 g/mol. The summed E-state index contributed by atoms with van der Waals surface area (Å²) in [6, 6.07) is 0.687. The topological polar surface area (TPSA) is 55.9 Å². The van der Waals surface area contributed by atoms with E-state index in [0.29, 0.717) is 17.9 Å². The number of rotatable bonds is 8. The highest BCUT2D eigenvalue weighted by molar-refractivity contribution is 5.82. The van der Waals surface area contributed by atoms with Gasteiger partial charge in [-0.3, -0.25) is 14.5 Å². The first-order valence-electron chi connectivity index (χ1n) is 13.2. The fraction of sp³-hybridized carbons (Fsp3) is 0.920. The van der Waals surface area contributed by atoms with E-state index in [-0.39, 0.29) is 17.9 Å². The van der Waals surface area contributed by atoms with Crippen LogP contribution in [0, 0.1) is 11.8 Å². The molecule has 176 valence electrons. The van der Waals surface area contributed by atoms with Gasteiger partial charge in [0.05, 0.1) is 6.04 Å². The van der Waals surface area contributed by atoms with Crippen LogP contribution in [0.2, 0.25) is 0 Å². The second-order valence-electron chi connectivity index (χ2n) is 10.5. The Bertz CT molecular complexity index is 594. The number of nitrogens with zero attached hydrogens (tertiary/aromatic N) is 3. The number of nitrogens with one attached hydrogen (secondary N) is 1. The number of carbonyl (C=O) groups excluding carboxylic acids is 2. The molecule has 2 saturated heterocycles. The van der Waals surface area contributed by atoms with Crippen molar-refractivity contribution in [3.8, 4) is 0 Å². The molecule has 2 atom stereocenters. The number of amides is 2. The summed E-state index contributed by atoms with van der Waals surface area (Å²) in [5, 5.41) is 3.29. The second kappa shape index (κ2) is 11.1. The van der Waals surface area contributed by atoms with E-state index in [1.54, 1.807) is 0 Å². The Morgan fingerprint density at radius 3 is 2.23 bits per heavy atom. The fourth-order valence-electron chi connectivity index (χ4n) is 6.17. The average Bonchev–Trinajstić information content (AvgIpc) is 3.26. The first-order valence-corrected chi connectivity index (χ1v) is 13.2. The maximum absolute atomic E-state index is 13.3. The van der Waals surface area contributed by atoms with Crippen molar-refractivity contribution >= 4 is 11.8 Å². The zero-order chi connectivity index (χ0) is 21.6. The largest absolute Gasteiger partial charge is 0.355 e. The number of piperidine rings is 1. The lowest BCUT2D eigenvalue weighted by Gasteiger charge is -2.42. The number of likely N-dealkylation sites (tertiary alicyclic amines) is 1. The van der Waals surface area contributed by atoms with E-state index in [2.05, 4.69) is 26.9 Å². The minimum Gasteiger partial charge on any atom is -0.355 e. The molecule has 4 fully saturated rings. The van der Waals surface area contributed by atoms with Crippen molar-refractivity contribution in [2.45, 2.75) is 89.6 Å². The predicted molar refractivity (Wildman–Crippen MR) is 124 cm³/mol. The van der Waals surface area contributed by atoms with Gasteiger partial charge in [0.2, 0.25) is 11.8 Å². The Kier molecular flexibility index (Phi) is 8.27. The lowest BCUT2D eigenvalue weighted by Crippen LogP contribution is -2.58. The van der Waals surface area contributed by atoms with Gasteiger partial charge in [-0.2, -0.15) is 0 Å². The van der Waals surface area contributed by atoms with E-state index < -0.39 is 0 Å². The highest BCUT2D eigenvalue weighted by atomic mass is 16.2. The van der Waals surface area contributed by atoms with Gasteiger partial charge in [0, 0.05) is 51.2 Å². The minimum atomic E-state index is -0.00244. The lowest BCUT2D eigenvalue weighted by molar-refractivity contribution is -0.141. The number of hydrogen-bond donors (Lipinski definition) is 1. The molecule has 4 aliphatic rings. The Hall–Kier alpha value is -1.14. The van der Waals surface area contributed by atoms with Gasteiger partial charge in [-0.25, -0.2) is 0 Å². The van der Waals surface area contributed by atoms with Crippen molar-refractivity contribution in [1.82, 2.24) is 20.0 Å². The molecule has 2 saturated carbocycles. The molecule has 6 nitrogen and oxygen atoms in total. The molecule has 0 radical (unpaired) electrons. The molecule has 31 heavy (non-hydrogen) atoms. The molecule has 2 aliphatic heterocycles. The second-order valence-corrected chi connectivity index (χ2v) is 10.5. The SMILES string of the molecule is CC1CCCCN1CCCNC(=O)C(C1CCCC1)N1CCN(C(=O)C2CCC2)CC1. The molecular formula is C25H44N4O2. The average molecular weight is 433 g/mol. The highest BCUT2D eigenvalue weighted by Gasteiger charge is 2.38. The van der Waals surface area contributed by atoms with Crippen LogP contribution in [0.15, 0.2) is 0 Å². The molecule has 2 unspecified atom stereocenters. The van der Waals surface area contributed by atoms with Crippen LogP contribution in [0.3, 0.4) is 0 Å². The summed E-state index contributed by atoms with van der Waals surface area (Å²) in [5.41, 5.74) is 0. The summed E-state index contributed by atoms with van der Waals surface area (Å²) in [4.78, 5) is 32.9. The molecule has 4 rings (SSSR count). The van der Waals surface area contributed by atoms with Crippen LogP contribution in [0.5, 0.6) is 0 Å². The Labute approximate surface area is 189 Å². The molecule has 0 spiro atoms. The van der Waals surface area contributed by atoms with E-state index in [1.165, 1.54) is 57.9 Å². The van der Waals surface area contributed by atoms with Crippen molar-refractivity contribution in [2.24, 2.45) is 11.8 Å². The van der Waals surface area contributed by atoms with E-state index >= 15 is 0 Å². The van der Waals surface area contributed by atoms with E-state index in [4.69, 9.17) is 0 Å². The number of carbonyl (C=O) groups is 2. The van der Waals surface area contributed by atoms with Gasteiger partial charge in [0.25, 0.3) is 0 Å². The summed E-state index contributed by atoms with van der Waals surface area (Å²) in [7, 11) is 0. The van der Waals surface area contributed by atoms with Crippen LogP contribution in [0.1, 0.15) is 77.6 Å². The molecule has 6 heteroatoms. The van der Waals surface area contributed by atoms with Crippen molar-refractivity contribution in [1.29, 1.82) is 0 Å². The third-order valence-corrected chi connectivity index (χ3v) is 8.45. The van der Waals surface area contributed by atoms with Gasteiger partial charge in [-0.1, -0.05) is 25.7 Å². The Morgan fingerprint density at radius 1 is 0.871 bits per heavy atom. The summed E-state index contributed by atoms with van der Waals surface area (Å²) in [5.74, 6) is 1.36. The normalized spacial score (nSPS) is 27.8. The van der Waals surface area contributed by atoms with Gasteiger partial charge >= 0.3 is 0 Å². The molecule has 0 aromatic rings. The van der Waals surface area contributed by atoms with Gasteiger partial charge in [0.1, 0.15) is 0 Å². The molecule has 2 aliphatic carbocycles. The van der Waals surface area contributed by atoms with Gasteiger partial charge < -0.3 is 15.1 Å². The van der Waals surface area contributed by atoms with Crippen LogP contribution in [0.4, 0.5) is 0 Å². The van der Waals surface area contributed by atoms with Gasteiger partial charge in [0.15, 0.2) is 0 Å². The molecule has 0 aromatic carbocycles. The summed E-state index contributed by atoms with van der Waals surface area (Å²) in [6.45, 7) is 8.70. The fourth-order valence-corrected chi connectivity index (χ4v) is 6.17. The van der Waals surface area contributed by atoms with Crippen LogP contribution >= 0.6 is 0 Å². The molecule has 2 amide bonds. The smallest absolute Gasteiger partial charge is 0.237 e. The molecule has 0 bridgehead atoms. The van der Waals surface area contributed by atoms with Gasteiger partial charge in [-0.15, -0.1) is 0 Å². The number of hydrogen-bond acceptors (Lipinski definition) is 4. The van der Waals surface area contributed by atoms with Crippen molar-refractivity contribution in [3.05, 3.63) is 0 Å². The highest BCUT2D eigenvalue weighted by Crippen LogP contribution is 2.32. The molecule has 1 N–H and O–H groups in total. The summed E-state index contributed by atoms with van der Waals surface area (Å²) < 4.78 is 0. The van der Waals surface area contributed by atoms with Crippen molar-refractivity contribution in [3.63, 3.8) is 0 Å².